The number of benzene rings is 1. The highest BCUT2D eigenvalue weighted by molar-refractivity contribution is 5.70. The van der Waals surface area contributed by atoms with Crippen LogP contribution >= 0.6 is 0 Å². The zero-order valence-electron chi connectivity index (χ0n) is 10.9. The van der Waals surface area contributed by atoms with E-state index in [1.54, 1.807) is 19.4 Å². The Bertz CT molecular complexity index is 724. The third-order valence-electron chi connectivity index (χ3n) is 2.90. The molecule has 0 aliphatic carbocycles. The van der Waals surface area contributed by atoms with Gasteiger partial charge in [-0.2, -0.15) is 10.1 Å². The minimum Gasteiger partial charge on any atom is -0.481 e. The highest BCUT2D eigenvalue weighted by Gasteiger charge is 2.07. The number of hydrogen-bond acceptors (Lipinski definition) is 5. The molecule has 6 heteroatoms. The van der Waals surface area contributed by atoms with Crippen LogP contribution in [0.4, 0.5) is 5.95 Å². The monoisotopic (exact) mass is 267 g/mol. The zero-order chi connectivity index (χ0) is 13.9. The summed E-state index contributed by atoms with van der Waals surface area (Å²) in [5.41, 5.74) is 9.31. The SMILES string of the molecule is COc1cc(-c2cccc(-c3ccn[nH]3)c2)nc(N)n1. The first kappa shape index (κ1) is 12.2. The Hall–Kier alpha value is -2.89. The number of methoxy groups -OCH3 is 1. The predicted molar refractivity (Wildman–Crippen MR) is 76.0 cm³/mol. The molecule has 0 amide bonds. The lowest BCUT2D eigenvalue weighted by Gasteiger charge is -2.06. The standard InChI is InChI=1S/C14H13N5O/c1-20-13-8-12(17-14(15)18-13)10-4-2-3-9(7-10)11-5-6-16-19-11/h2-8H,1H3,(H,16,19)(H2,15,17,18). The lowest BCUT2D eigenvalue weighted by Crippen LogP contribution is -1.99. The topological polar surface area (TPSA) is 89.7 Å². The molecule has 2 aromatic heterocycles. The summed E-state index contributed by atoms with van der Waals surface area (Å²) < 4.78 is 5.11. The number of H-pyrrole nitrogens is 1. The summed E-state index contributed by atoms with van der Waals surface area (Å²) in [5, 5.41) is 6.89. The number of aromatic amines is 1. The highest BCUT2D eigenvalue weighted by Crippen LogP contribution is 2.26. The molecular weight excluding hydrogens is 254 g/mol. The number of nitrogens with one attached hydrogen (secondary N) is 1. The van der Waals surface area contributed by atoms with Crippen LogP contribution in [0.1, 0.15) is 0 Å². The molecule has 0 aliphatic heterocycles. The van der Waals surface area contributed by atoms with Crippen LogP contribution in [0.3, 0.4) is 0 Å². The van der Waals surface area contributed by atoms with Crippen molar-refractivity contribution in [1.29, 1.82) is 0 Å². The molecule has 3 aromatic rings. The van der Waals surface area contributed by atoms with Crippen LogP contribution in [-0.4, -0.2) is 27.3 Å². The molecule has 6 nitrogen and oxygen atoms in total. The summed E-state index contributed by atoms with van der Waals surface area (Å²) in [5.74, 6) is 0.630. The first-order chi connectivity index (χ1) is 9.76. The van der Waals surface area contributed by atoms with Gasteiger partial charge in [0.05, 0.1) is 18.5 Å². The maximum Gasteiger partial charge on any atom is 0.223 e. The van der Waals surface area contributed by atoms with Gasteiger partial charge in [-0.15, -0.1) is 0 Å². The average Bonchev–Trinajstić information content (AvgIpc) is 3.01. The molecule has 0 saturated carbocycles. The maximum atomic E-state index is 5.69. The van der Waals surface area contributed by atoms with E-state index in [1.807, 2.05) is 30.3 Å². The van der Waals surface area contributed by atoms with Gasteiger partial charge in [0.15, 0.2) is 0 Å². The molecule has 0 bridgehead atoms. The number of aromatic nitrogens is 4. The number of ether oxygens (including phenoxy) is 1. The second-order valence-electron chi connectivity index (χ2n) is 4.20. The van der Waals surface area contributed by atoms with E-state index in [0.29, 0.717) is 5.88 Å². The summed E-state index contributed by atoms with van der Waals surface area (Å²) >= 11 is 0. The zero-order valence-corrected chi connectivity index (χ0v) is 10.9. The van der Waals surface area contributed by atoms with Crippen LogP contribution in [0.15, 0.2) is 42.6 Å². The predicted octanol–water partition coefficient (Wildman–Crippen LogP) is 2.12. The van der Waals surface area contributed by atoms with Gasteiger partial charge in [0.25, 0.3) is 0 Å². The summed E-state index contributed by atoms with van der Waals surface area (Å²) in [6, 6.07) is 11.6. The van der Waals surface area contributed by atoms with Crippen molar-refractivity contribution in [3.63, 3.8) is 0 Å². The van der Waals surface area contributed by atoms with Gasteiger partial charge < -0.3 is 10.5 Å². The van der Waals surface area contributed by atoms with Crippen LogP contribution in [0.2, 0.25) is 0 Å². The van der Waals surface area contributed by atoms with Gasteiger partial charge in [-0.05, 0) is 12.1 Å². The van der Waals surface area contributed by atoms with Crippen LogP contribution in [0.25, 0.3) is 22.5 Å². The van der Waals surface area contributed by atoms with Crippen LogP contribution < -0.4 is 10.5 Å². The van der Waals surface area contributed by atoms with Crippen molar-refractivity contribution in [1.82, 2.24) is 20.2 Å². The van der Waals surface area contributed by atoms with Crippen molar-refractivity contribution in [2.45, 2.75) is 0 Å². The lowest BCUT2D eigenvalue weighted by molar-refractivity contribution is 0.398. The molecule has 20 heavy (non-hydrogen) atoms. The molecule has 1 aromatic carbocycles. The summed E-state index contributed by atoms with van der Waals surface area (Å²) in [4.78, 5) is 8.21. The van der Waals surface area contributed by atoms with Crippen molar-refractivity contribution in [2.75, 3.05) is 12.8 Å². The molecule has 3 rings (SSSR count). The second kappa shape index (κ2) is 5.00. The Morgan fingerprint density at radius 1 is 1.10 bits per heavy atom. The number of nitrogens with zero attached hydrogens (tertiary/aromatic N) is 3. The highest BCUT2D eigenvalue weighted by atomic mass is 16.5. The fraction of sp³-hybridized carbons (Fsp3) is 0.0714. The van der Waals surface area contributed by atoms with Gasteiger partial charge in [-0.25, -0.2) is 4.98 Å². The summed E-state index contributed by atoms with van der Waals surface area (Å²) in [6.45, 7) is 0. The molecule has 100 valence electrons. The Labute approximate surface area is 115 Å². The minimum absolute atomic E-state index is 0.186. The molecule has 2 heterocycles. The Morgan fingerprint density at radius 3 is 2.70 bits per heavy atom. The third kappa shape index (κ3) is 2.31. The minimum atomic E-state index is 0.186. The van der Waals surface area contributed by atoms with Crippen LogP contribution in [-0.2, 0) is 0 Å². The maximum absolute atomic E-state index is 5.69. The van der Waals surface area contributed by atoms with E-state index in [2.05, 4.69) is 20.2 Å². The molecule has 0 spiro atoms. The Balaban J connectivity index is 2.06. The number of hydrogen-bond donors (Lipinski definition) is 2. The smallest absolute Gasteiger partial charge is 0.223 e. The number of rotatable bonds is 3. The van der Waals surface area contributed by atoms with Crippen LogP contribution in [0.5, 0.6) is 5.88 Å². The van der Waals surface area contributed by atoms with Gasteiger partial charge in [0.1, 0.15) is 0 Å². The fourth-order valence-electron chi connectivity index (χ4n) is 1.96. The first-order valence-electron chi connectivity index (χ1n) is 6.05. The summed E-state index contributed by atoms with van der Waals surface area (Å²) in [6.07, 6.45) is 1.72. The normalized spacial score (nSPS) is 10.4. The van der Waals surface area contributed by atoms with E-state index in [4.69, 9.17) is 10.5 Å². The van der Waals surface area contributed by atoms with E-state index in [1.165, 1.54) is 0 Å². The fourth-order valence-corrected chi connectivity index (χ4v) is 1.96. The molecule has 0 radical (unpaired) electrons. The quantitative estimate of drug-likeness (QED) is 0.758. The molecular formula is C14H13N5O. The van der Waals surface area contributed by atoms with E-state index in [0.717, 1.165) is 22.5 Å². The number of anilines is 1. The first-order valence-corrected chi connectivity index (χ1v) is 6.05. The van der Waals surface area contributed by atoms with Crippen molar-refractivity contribution in [3.05, 3.63) is 42.6 Å². The van der Waals surface area contributed by atoms with Gasteiger partial charge in [0.2, 0.25) is 11.8 Å². The number of nitrogen functional groups attached to an aromatic ring is 1. The van der Waals surface area contributed by atoms with Gasteiger partial charge in [0, 0.05) is 23.4 Å². The van der Waals surface area contributed by atoms with Crippen molar-refractivity contribution in [3.8, 4) is 28.4 Å². The van der Waals surface area contributed by atoms with Gasteiger partial charge in [-0.3, -0.25) is 5.10 Å². The Kier molecular flexibility index (Phi) is 3.04. The van der Waals surface area contributed by atoms with E-state index in [9.17, 15) is 0 Å². The van der Waals surface area contributed by atoms with Gasteiger partial charge in [-0.1, -0.05) is 18.2 Å². The second-order valence-corrected chi connectivity index (χ2v) is 4.20. The van der Waals surface area contributed by atoms with E-state index >= 15 is 0 Å². The van der Waals surface area contributed by atoms with E-state index in [-0.39, 0.29) is 5.95 Å². The average molecular weight is 267 g/mol. The van der Waals surface area contributed by atoms with Crippen molar-refractivity contribution in [2.24, 2.45) is 0 Å². The largest absolute Gasteiger partial charge is 0.481 e. The van der Waals surface area contributed by atoms with E-state index < -0.39 is 0 Å². The Morgan fingerprint density at radius 2 is 1.95 bits per heavy atom. The lowest BCUT2D eigenvalue weighted by atomic mass is 10.1. The molecule has 0 unspecified atom stereocenters. The van der Waals surface area contributed by atoms with Crippen molar-refractivity contribution < 1.29 is 4.74 Å². The van der Waals surface area contributed by atoms with Gasteiger partial charge >= 0.3 is 0 Å². The molecule has 0 fully saturated rings. The third-order valence-corrected chi connectivity index (χ3v) is 2.90. The molecule has 0 atom stereocenters. The number of nitrogens with two attached hydrogens (primary N) is 1. The molecule has 0 saturated heterocycles. The summed E-state index contributed by atoms with van der Waals surface area (Å²) in [7, 11) is 1.55. The van der Waals surface area contributed by atoms with Crippen LogP contribution in [0, 0.1) is 0 Å². The molecule has 3 N–H and O–H groups in total. The van der Waals surface area contributed by atoms with Crippen molar-refractivity contribution >= 4 is 5.95 Å². The molecule has 0 aliphatic rings.